The summed E-state index contributed by atoms with van der Waals surface area (Å²) in [5.74, 6) is 0. The number of rotatable bonds is 7. The minimum atomic E-state index is -4.04. The fourth-order valence-electron chi connectivity index (χ4n) is 1.61. The molecule has 18 heavy (non-hydrogen) atoms. The van der Waals surface area contributed by atoms with Crippen LogP contribution in [-0.2, 0) is 13.1 Å². The lowest BCUT2D eigenvalue weighted by Crippen LogP contribution is -2.23. The summed E-state index contributed by atoms with van der Waals surface area (Å²) < 4.78 is 37.9. The summed E-state index contributed by atoms with van der Waals surface area (Å²) in [5.41, 5.74) is 1.01. The Morgan fingerprint density at radius 2 is 2.06 bits per heavy atom. The summed E-state index contributed by atoms with van der Waals surface area (Å²) in [4.78, 5) is 4.03. The van der Waals surface area contributed by atoms with Crippen LogP contribution in [0.4, 0.5) is 13.2 Å². The molecule has 0 bridgehead atoms. The van der Waals surface area contributed by atoms with E-state index in [9.17, 15) is 13.2 Å². The number of nitrogens with zero attached hydrogens (tertiary/aromatic N) is 2. The van der Waals surface area contributed by atoms with E-state index in [0.717, 1.165) is 5.69 Å². The number of imidazole rings is 1. The van der Waals surface area contributed by atoms with E-state index in [1.807, 2.05) is 18.4 Å². The number of unbranched alkanes of at least 4 members (excludes halogenated alkanes) is 1. The number of aryl methyl sites for hydroxylation is 1. The maximum absolute atomic E-state index is 12.0. The molecule has 3 nitrogen and oxygen atoms in total. The normalized spacial score (nSPS) is 12.3. The Hall–Kier alpha value is -1.04. The van der Waals surface area contributed by atoms with Crippen molar-refractivity contribution in [2.24, 2.45) is 0 Å². The van der Waals surface area contributed by atoms with Gasteiger partial charge in [0.2, 0.25) is 0 Å². The standard InChI is InChI=1S/C12H20F3N3/c1-10(2)17-8-11-7-16-9-18(11)6-4-3-5-12(13,14)15/h7,9-10,17H,3-6,8H2,1-2H3. The van der Waals surface area contributed by atoms with Gasteiger partial charge in [-0.25, -0.2) is 4.98 Å². The summed E-state index contributed by atoms with van der Waals surface area (Å²) >= 11 is 0. The second kappa shape index (κ2) is 6.78. The van der Waals surface area contributed by atoms with E-state index in [4.69, 9.17) is 0 Å². The molecular weight excluding hydrogens is 243 g/mol. The molecule has 0 spiro atoms. The zero-order valence-corrected chi connectivity index (χ0v) is 10.8. The van der Waals surface area contributed by atoms with E-state index in [-0.39, 0.29) is 6.42 Å². The number of hydrogen-bond acceptors (Lipinski definition) is 2. The number of halogens is 3. The van der Waals surface area contributed by atoms with Crippen LogP contribution in [0.5, 0.6) is 0 Å². The summed E-state index contributed by atoms with van der Waals surface area (Å²) in [7, 11) is 0. The third kappa shape index (κ3) is 6.05. The van der Waals surface area contributed by atoms with Gasteiger partial charge in [-0.2, -0.15) is 13.2 Å². The van der Waals surface area contributed by atoms with E-state index in [1.54, 1.807) is 12.5 Å². The molecule has 0 aliphatic heterocycles. The molecule has 0 aromatic carbocycles. The van der Waals surface area contributed by atoms with Crippen LogP contribution in [0.1, 0.15) is 38.8 Å². The van der Waals surface area contributed by atoms with Gasteiger partial charge < -0.3 is 9.88 Å². The highest BCUT2D eigenvalue weighted by Gasteiger charge is 2.25. The van der Waals surface area contributed by atoms with Crippen molar-refractivity contribution in [3.8, 4) is 0 Å². The van der Waals surface area contributed by atoms with Crippen molar-refractivity contribution in [1.82, 2.24) is 14.9 Å². The van der Waals surface area contributed by atoms with Crippen LogP contribution >= 0.6 is 0 Å². The SMILES string of the molecule is CC(C)NCc1cncn1CCCCC(F)(F)F. The quantitative estimate of drug-likeness (QED) is 0.766. The maximum atomic E-state index is 12.0. The van der Waals surface area contributed by atoms with Crippen molar-refractivity contribution in [3.63, 3.8) is 0 Å². The molecule has 6 heteroatoms. The number of nitrogens with one attached hydrogen (secondary N) is 1. The zero-order valence-electron chi connectivity index (χ0n) is 10.8. The summed E-state index contributed by atoms with van der Waals surface area (Å²) in [5, 5.41) is 3.26. The molecule has 0 saturated carbocycles. The van der Waals surface area contributed by atoms with Gasteiger partial charge in [0.05, 0.1) is 12.0 Å². The zero-order chi connectivity index (χ0) is 13.6. The molecule has 1 aromatic heterocycles. The number of alkyl halides is 3. The van der Waals surface area contributed by atoms with E-state index in [0.29, 0.717) is 25.6 Å². The van der Waals surface area contributed by atoms with Crippen molar-refractivity contribution in [2.75, 3.05) is 0 Å². The van der Waals surface area contributed by atoms with Crippen molar-refractivity contribution in [3.05, 3.63) is 18.2 Å². The van der Waals surface area contributed by atoms with Gasteiger partial charge in [0.1, 0.15) is 0 Å². The fourth-order valence-corrected chi connectivity index (χ4v) is 1.61. The molecule has 0 fully saturated rings. The third-order valence-electron chi connectivity index (χ3n) is 2.60. The first-order valence-corrected chi connectivity index (χ1v) is 6.17. The summed E-state index contributed by atoms with van der Waals surface area (Å²) in [6.07, 6.45) is -0.647. The predicted octanol–water partition coefficient (Wildman–Crippen LogP) is 3.11. The second-order valence-electron chi connectivity index (χ2n) is 4.69. The van der Waals surface area contributed by atoms with E-state index in [1.165, 1.54) is 0 Å². The molecule has 0 unspecified atom stereocenters. The predicted molar refractivity (Wildman–Crippen MR) is 64.1 cm³/mol. The summed E-state index contributed by atoms with van der Waals surface area (Å²) in [6, 6.07) is 0.374. The Bertz CT molecular complexity index is 345. The second-order valence-corrected chi connectivity index (χ2v) is 4.69. The minimum absolute atomic E-state index is 0.165. The van der Waals surface area contributed by atoms with Gasteiger partial charge in [0, 0.05) is 31.7 Å². The Morgan fingerprint density at radius 3 is 2.67 bits per heavy atom. The highest BCUT2D eigenvalue weighted by Crippen LogP contribution is 2.22. The molecule has 0 amide bonds. The fraction of sp³-hybridized carbons (Fsp3) is 0.750. The van der Waals surface area contributed by atoms with Crippen LogP contribution < -0.4 is 5.32 Å². The highest BCUT2D eigenvalue weighted by molar-refractivity contribution is 4.98. The number of aromatic nitrogens is 2. The molecule has 1 N–H and O–H groups in total. The monoisotopic (exact) mass is 263 g/mol. The molecule has 0 aliphatic carbocycles. The lowest BCUT2D eigenvalue weighted by atomic mass is 10.2. The molecule has 0 aliphatic rings. The van der Waals surface area contributed by atoms with Gasteiger partial charge in [0.25, 0.3) is 0 Å². The smallest absolute Gasteiger partial charge is 0.333 e. The van der Waals surface area contributed by atoms with E-state index < -0.39 is 12.6 Å². The minimum Gasteiger partial charge on any atom is -0.333 e. The average Bonchev–Trinajstić information content (AvgIpc) is 2.67. The van der Waals surface area contributed by atoms with Gasteiger partial charge >= 0.3 is 6.18 Å². The van der Waals surface area contributed by atoms with Crippen molar-refractivity contribution < 1.29 is 13.2 Å². The largest absolute Gasteiger partial charge is 0.389 e. The Kier molecular flexibility index (Phi) is 5.65. The van der Waals surface area contributed by atoms with Crippen molar-refractivity contribution >= 4 is 0 Å². The van der Waals surface area contributed by atoms with Crippen molar-refractivity contribution in [1.29, 1.82) is 0 Å². The van der Waals surface area contributed by atoms with Gasteiger partial charge in [-0.1, -0.05) is 13.8 Å². The van der Waals surface area contributed by atoms with Crippen LogP contribution in [0, 0.1) is 0 Å². The van der Waals surface area contributed by atoms with Crippen LogP contribution in [0.2, 0.25) is 0 Å². The molecule has 0 radical (unpaired) electrons. The van der Waals surface area contributed by atoms with Gasteiger partial charge in [-0.3, -0.25) is 0 Å². The number of hydrogen-bond donors (Lipinski definition) is 1. The lowest BCUT2D eigenvalue weighted by molar-refractivity contribution is -0.135. The third-order valence-corrected chi connectivity index (χ3v) is 2.60. The van der Waals surface area contributed by atoms with Crippen LogP contribution in [-0.4, -0.2) is 21.8 Å². The van der Waals surface area contributed by atoms with Crippen molar-refractivity contribution in [2.45, 2.75) is 58.4 Å². The van der Waals surface area contributed by atoms with Gasteiger partial charge in [0.15, 0.2) is 0 Å². The first-order chi connectivity index (χ1) is 8.38. The van der Waals surface area contributed by atoms with Gasteiger partial charge in [-0.05, 0) is 12.8 Å². The highest BCUT2D eigenvalue weighted by atomic mass is 19.4. The Morgan fingerprint density at radius 1 is 1.33 bits per heavy atom. The Balaban J connectivity index is 2.32. The molecular formula is C12H20F3N3. The molecule has 1 rings (SSSR count). The lowest BCUT2D eigenvalue weighted by Gasteiger charge is -2.11. The first kappa shape index (κ1) is 15.0. The molecule has 0 atom stereocenters. The molecule has 0 saturated heterocycles. The van der Waals surface area contributed by atoms with E-state index >= 15 is 0 Å². The average molecular weight is 263 g/mol. The molecule has 104 valence electrons. The molecule has 1 aromatic rings. The van der Waals surface area contributed by atoms with Crippen LogP contribution in [0.15, 0.2) is 12.5 Å². The topological polar surface area (TPSA) is 29.9 Å². The maximum Gasteiger partial charge on any atom is 0.389 e. The summed E-state index contributed by atoms with van der Waals surface area (Å²) in [6.45, 7) is 5.37. The van der Waals surface area contributed by atoms with E-state index in [2.05, 4.69) is 10.3 Å². The Labute approximate surface area is 105 Å². The molecule has 1 heterocycles. The van der Waals surface area contributed by atoms with Gasteiger partial charge in [-0.15, -0.1) is 0 Å². The van der Waals surface area contributed by atoms with Crippen LogP contribution in [0.3, 0.4) is 0 Å². The van der Waals surface area contributed by atoms with Crippen LogP contribution in [0.25, 0.3) is 0 Å². The first-order valence-electron chi connectivity index (χ1n) is 6.17.